The predicted octanol–water partition coefficient (Wildman–Crippen LogP) is 4.99. The van der Waals surface area contributed by atoms with E-state index in [1.807, 2.05) is 30.3 Å². The summed E-state index contributed by atoms with van der Waals surface area (Å²) in [7, 11) is 1.59. The molecule has 3 aromatic rings. The molecule has 0 aliphatic carbocycles. The monoisotopic (exact) mass is 356 g/mol. The molecule has 0 aliphatic heterocycles. The zero-order valence-corrected chi connectivity index (χ0v) is 14.9. The minimum Gasteiger partial charge on any atom is -0.496 e. The number of rotatable bonds is 6. The average molecular weight is 356 g/mol. The lowest BCUT2D eigenvalue weighted by Crippen LogP contribution is -1.94. The summed E-state index contributed by atoms with van der Waals surface area (Å²) in [5.74, 6) is 0.682. The molecule has 0 bridgehead atoms. The molecular formula is C18H16N2O2S2. The first kappa shape index (κ1) is 16.7. The van der Waals surface area contributed by atoms with Crippen molar-refractivity contribution in [2.24, 2.45) is 0 Å². The smallest absolute Gasteiger partial charge is 0.181 e. The predicted molar refractivity (Wildman–Crippen MR) is 102 cm³/mol. The Hall–Kier alpha value is -2.18. The van der Waals surface area contributed by atoms with Crippen molar-refractivity contribution < 1.29 is 9.53 Å². The first-order chi connectivity index (χ1) is 11.7. The van der Waals surface area contributed by atoms with Gasteiger partial charge in [-0.05, 0) is 48.7 Å². The molecule has 4 nitrogen and oxygen atoms in total. The number of ether oxygens (including phenoxy) is 1. The zero-order valence-electron chi connectivity index (χ0n) is 13.3. The summed E-state index contributed by atoms with van der Waals surface area (Å²) in [5, 5.41) is 4.47. The quantitative estimate of drug-likeness (QED) is 0.496. The van der Waals surface area contributed by atoms with Crippen molar-refractivity contribution >= 4 is 51.4 Å². The van der Waals surface area contributed by atoms with E-state index in [1.165, 1.54) is 4.90 Å². The van der Waals surface area contributed by atoms with Gasteiger partial charge in [-0.1, -0.05) is 11.8 Å². The summed E-state index contributed by atoms with van der Waals surface area (Å²) in [6.07, 6.45) is 3.84. The number of thioether (sulfide) groups is 2. The highest BCUT2D eigenvalue weighted by Gasteiger charge is 2.08. The van der Waals surface area contributed by atoms with E-state index in [0.717, 1.165) is 44.6 Å². The minimum atomic E-state index is 0.682. The number of carbonyl (C=O) groups excluding carboxylic acids is 1. The lowest BCUT2D eigenvalue weighted by atomic mass is 10.2. The van der Waals surface area contributed by atoms with Gasteiger partial charge in [0.25, 0.3) is 0 Å². The molecule has 2 aromatic carbocycles. The van der Waals surface area contributed by atoms with Crippen LogP contribution in [0.1, 0.15) is 0 Å². The van der Waals surface area contributed by atoms with E-state index in [0.29, 0.717) is 5.75 Å². The number of fused-ring (bicyclic) bond motifs is 1. The number of pyridine rings is 1. The summed E-state index contributed by atoms with van der Waals surface area (Å²) in [6, 6.07) is 13.8. The van der Waals surface area contributed by atoms with E-state index in [9.17, 15) is 4.79 Å². The van der Waals surface area contributed by atoms with Crippen LogP contribution in [-0.4, -0.2) is 24.0 Å². The summed E-state index contributed by atoms with van der Waals surface area (Å²) in [6.45, 7) is 0. The van der Waals surface area contributed by atoms with Crippen LogP contribution in [0.15, 0.2) is 58.5 Å². The number of aromatic nitrogens is 1. The highest BCUT2D eigenvalue weighted by atomic mass is 32.2. The second kappa shape index (κ2) is 7.59. The molecule has 0 spiro atoms. The molecule has 0 saturated heterocycles. The fourth-order valence-electron chi connectivity index (χ4n) is 2.42. The molecule has 1 N–H and O–H groups in total. The number of hydrogen-bond acceptors (Lipinski definition) is 6. The standard InChI is InChI=1S/C18H16N2O2S2/c1-22-17-6-3-12(9-18(17)24-11-21)20-16-7-8-19-15-5-4-13(23-2)10-14(15)16/h3-11H,1-2H3,(H,19,20). The lowest BCUT2D eigenvalue weighted by Gasteiger charge is -2.12. The third-order valence-electron chi connectivity index (χ3n) is 3.57. The Kier molecular flexibility index (Phi) is 5.27. The average Bonchev–Trinajstić information content (AvgIpc) is 2.62. The van der Waals surface area contributed by atoms with Crippen molar-refractivity contribution in [3.63, 3.8) is 0 Å². The van der Waals surface area contributed by atoms with Gasteiger partial charge < -0.3 is 10.1 Å². The molecule has 0 radical (unpaired) electrons. The molecule has 0 saturated carbocycles. The van der Waals surface area contributed by atoms with Gasteiger partial charge in [-0.3, -0.25) is 9.78 Å². The van der Waals surface area contributed by atoms with Crippen molar-refractivity contribution in [1.82, 2.24) is 4.98 Å². The van der Waals surface area contributed by atoms with Gasteiger partial charge in [0.15, 0.2) is 5.62 Å². The van der Waals surface area contributed by atoms with E-state index >= 15 is 0 Å². The molecule has 24 heavy (non-hydrogen) atoms. The zero-order chi connectivity index (χ0) is 16.9. The van der Waals surface area contributed by atoms with Crippen LogP contribution in [0.25, 0.3) is 10.9 Å². The first-order valence-electron chi connectivity index (χ1n) is 7.23. The van der Waals surface area contributed by atoms with Crippen LogP contribution in [0.5, 0.6) is 5.75 Å². The van der Waals surface area contributed by atoms with Crippen molar-refractivity contribution in [1.29, 1.82) is 0 Å². The fourth-order valence-corrected chi connectivity index (χ4v) is 3.42. The molecule has 122 valence electrons. The molecule has 0 unspecified atom stereocenters. The van der Waals surface area contributed by atoms with Crippen molar-refractivity contribution in [2.45, 2.75) is 9.79 Å². The maximum atomic E-state index is 10.8. The summed E-state index contributed by atoms with van der Waals surface area (Å²) in [4.78, 5) is 17.2. The highest BCUT2D eigenvalue weighted by molar-refractivity contribution is 8.12. The maximum absolute atomic E-state index is 10.8. The number of hydrogen-bond donors (Lipinski definition) is 1. The number of carbonyl (C=O) groups is 1. The Morgan fingerprint density at radius 3 is 2.79 bits per heavy atom. The maximum Gasteiger partial charge on any atom is 0.181 e. The Morgan fingerprint density at radius 2 is 2.04 bits per heavy atom. The molecule has 0 atom stereocenters. The minimum absolute atomic E-state index is 0.682. The van der Waals surface area contributed by atoms with Gasteiger partial charge in [-0.25, -0.2) is 0 Å². The van der Waals surface area contributed by atoms with Crippen LogP contribution in [0, 0.1) is 0 Å². The molecule has 6 heteroatoms. The molecule has 0 amide bonds. The van der Waals surface area contributed by atoms with Crippen LogP contribution >= 0.6 is 23.5 Å². The molecule has 0 aliphatic rings. The third kappa shape index (κ3) is 3.49. The van der Waals surface area contributed by atoms with E-state index in [2.05, 4.69) is 28.7 Å². The fraction of sp³-hybridized carbons (Fsp3) is 0.111. The third-order valence-corrected chi connectivity index (χ3v) is 4.96. The van der Waals surface area contributed by atoms with Gasteiger partial charge >= 0.3 is 0 Å². The number of nitrogens with zero attached hydrogens (tertiary/aromatic N) is 1. The van der Waals surface area contributed by atoms with Crippen molar-refractivity contribution in [3.05, 3.63) is 48.7 Å². The van der Waals surface area contributed by atoms with E-state index in [4.69, 9.17) is 4.74 Å². The highest BCUT2D eigenvalue weighted by Crippen LogP contribution is 2.33. The lowest BCUT2D eigenvalue weighted by molar-refractivity contribution is 0.405. The Balaban J connectivity index is 2.00. The van der Waals surface area contributed by atoms with E-state index in [-0.39, 0.29) is 0 Å². The summed E-state index contributed by atoms with van der Waals surface area (Å²) < 4.78 is 5.28. The largest absolute Gasteiger partial charge is 0.496 e. The van der Waals surface area contributed by atoms with Gasteiger partial charge in [-0.15, -0.1) is 11.8 Å². The Bertz CT molecular complexity index is 884. The summed E-state index contributed by atoms with van der Waals surface area (Å²) in [5.41, 5.74) is 3.60. The van der Waals surface area contributed by atoms with Crippen molar-refractivity contribution in [3.8, 4) is 5.75 Å². The Morgan fingerprint density at radius 1 is 1.17 bits per heavy atom. The number of methoxy groups -OCH3 is 1. The van der Waals surface area contributed by atoms with Crippen LogP contribution in [0.4, 0.5) is 11.4 Å². The molecule has 1 heterocycles. The van der Waals surface area contributed by atoms with Gasteiger partial charge in [0.2, 0.25) is 0 Å². The van der Waals surface area contributed by atoms with Crippen LogP contribution in [0.3, 0.4) is 0 Å². The van der Waals surface area contributed by atoms with Gasteiger partial charge in [0.1, 0.15) is 5.75 Å². The van der Waals surface area contributed by atoms with Gasteiger partial charge in [0.05, 0.1) is 17.5 Å². The number of anilines is 2. The van der Waals surface area contributed by atoms with Crippen LogP contribution in [0.2, 0.25) is 0 Å². The van der Waals surface area contributed by atoms with Crippen LogP contribution < -0.4 is 10.1 Å². The van der Waals surface area contributed by atoms with Crippen molar-refractivity contribution in [2.75, 3.05) is 18.7 Å². The molecule has 1 aromatic heterocycles. The summed E-state index contributed by atoms with van der Waals surface area (Å²) >= 11 is 2.80. The topological polar surface area (TPSA) is 51.2 Å². The SMILES string of the molecule is COc1ccc(Nc2ccnc3ccc(SC)cc23)cc1SC=O. The molecule has 3 rings (SSSR count). The second-order valence-electron chi connectivity index (χ2n) is 4.95. The van der Waals surface area contributed by atoms with Crippen LogP contribution in [-0.2, 0) is 4.79 Å². The first-order valence-corrected chi connectivity index (χ1v) is 9.33. The van der Waals surface area contributed by atoms with Gasteiger partial charge in [0, 0.05) is 27.9 Å². The Labute approximate surface area is 149 Å². The molecular weight excluding hydrogens is 340 g/mol. The van der Waals surface area contributed by atoms with Gasteiger partial charge in [-0.2, -0.15) is 0 Å². The number of benzene rings is 2. The van der Waals surface area contributed by atoms with E-state index < -0.39 is 0 Å². The second-order valence-corrected chi connectivity index (χ2v) is 6.69. The normalized spacial score (nSPS) is 10.6. The number of nitrogens with one attached hydrogen (secondary N) is 1. The van der Waals surface area contributed by atoms with E-state index in [1.54, 1.807) is 25.1 Å². The molecule has 0 fully saturated rings.